The summed E-state index contributed by atoms with van der Waals surface area (Å²) in [4.78, 5) is 29.4. The number of nitrogens with zero attached hydrogens (tertiary/aromatic N) is 1. The predicted octanol–water partition coefficient (Wildman–Crippen LogP) is 3.86. The van der Waals surface area contributed by atoms with Crippen molar-refractivity contribution in [2.75, 3.05) is 6.61 Å². The Morgan fingerprint density at radius 1 is 1.23 bits per heavy atom. The highest BCUT2D eigenvalue weighted by Crippen LogP contribution is 2.41. The van der Waals surface area contributed by atoms with Crippen LogP contribution in [0.1, 0.15) is 51.0 Å². The van der Waals surface area contributed by atoms with Crippen molar-refractivity contribution < 1.29 is 14.3 Å². The van der Waals surface area contributed by atoms with Crippen LogP contribution in [0.5, 0.6) is 0 Å². The third-order valence-electron chi connectivity index (χ3n) is 4.86. The lowest BCUT2D eigenvalue weighted by molar-refractivity contribution is -0.161. The highest BCUT2D eigenvalue weighted by atomic mass is 32.1. The maximum absolute atomic E-state index is 12.9. The van der Waals surface area contributed by atoms with Crippen LogP contribution in [-0.2, 0) is 20.7 Å². The molecule has 1 aliphatic carbocycles. The third-order valence-corrected chi connectivity index (χ3v) is 5.89. The van der Waals surface area contributed by atoms with Crippen LogP contribution in [0.25, 0.3) is 10.2 Å². The van der Waals surface area contributed by atoms with Gasteiger partial charge in [-0.1, -0.05) is 31.4 Å². The lowest BCUT2D eigenvalue weighted by Crippen LogP contribution is -2.40. The average molecular weight is 375 g/mol. The second-order valence-corrected chi connectivity index (χ2v) is 8.51. The smallest absolute Gasteiger partial charge is 0.313 e. The molecule has 0 radical (unpaired) electrons. The van der Waals surface area contributed by atoms with Crippen LogP contribution >= 0.6 is 11.3 Å². The van der Waals surface area contributed by atoms with Crippen LogP contribution < -0.4 is 5.32 Å². The Morgan fingerprint density at radius 2 is 1.96 bits per heavy atom. The van der Waals surface area contributed by atoms with E-state index in [4.69, 9.17) is 9.72 Å². The van der Waals surface area contributed by atoms with E-state index in [1.807, 2.05) is 32.0 Å². The second-order valence-electron chi connectivity index (χ2n) is 7.39. The van der Waals surface area contributed by atoms with Gasteiger partial charge in [-0.15, -0.1) is 11.3 Å². The van der Waals surface area contributed by atoms with E-state index >= 15 is 0 Å². The van der Waals surface area contributed by atoms with Gasteiger partial charge in [-0.05, 0) is 38.8 Å². The SMILES string of the molecule is CC(C)NC(=O)COC(=O)C1(Cc2nc3ccccc3s2)CCCCC1. The van der Waals surface area contributed by atoms with Crippen molar-refractivity contribution in [3.05, 3.63) is 29.3 Å². The first kappa shape index (κ1) is 18.8. The Hall–Kier alpha value is -1.95. The van der Waals surface area contributed by atoms with Gasteiger partial charge in [0.25, 0.3) is 5.91 Å². The zero-order valence-electron chi connectivity index (χ0n) is 15.4. The van der Waals surface area contributed by atoms with Gasteiger partial charge in [-0.3, -0.25) is 9.59 Å². The number of rotatable bonds is 6. The third kappa shape index (κ3) is 4.41. The number of thiazole rings is 1. The van der Waals surface area contributed by atoms with Crippen LogP contribution in [0, 0.1) is 5.41 Å². The summed E-state index contributed by atoms with van der Waals surface area (Å²) in [6.07, 6.45) is 5.36. The summed E-state index contributed by atoms with van der Waals surface area (Å²) in [6, 6.07) is 8.06. The van der Waals surface area contributed by atoms with Crippen molar-refractivity contribution in [1.82, 2.24) is 10.3 Å². The minimum atomic E-state index is -0.551. The van der Waals surface area contributed by atoms with Gasteiger partial charge in [0, 0.05) is 12.5 Å². The monoisotopic (exact) mass is 374 g/mol. The lowest BCUT2D eigenvalue weighted by Gasteiger charge is -2.34. The molecule has 26 heavy (non-hydrogen) atoms. The fourth-order valence-electron chi connectivity index (χ4n) is 3.61. The fourth-order valence-corrected chi connectivity index (χ4v) is 4.73. The van der Waals surface area contributed by atoms with Gasteiger partial charge in [0.2, 0.25) is 0 Å². The topological polar surface area (TPSA) is 68.3 Å². The van der Waals surface area contributed by atoms with Gasteiger partial charge in [-0.25, -0.2) is 4.98 Å². The molecular weight excluding hydrogens is 348 g/mol. The van der Waals surface area contributed by atoms with E-state index in [2.05, 4.69) is 11.4 Å². The Morgan fingerprint density at radius 3 is 2.65 bits per heavy atom. The first-order chi connectivity index (χ1) is 12.5. The first-order valence-electron chi connectivity index (χ1n) is 9.30. The standard InChI is InChI=1S/C20H26N2O3S/c1-14(2)21-17(23)13-25-19(24)20(10-6-3-7-11-20)12-18-22-15-8-4-5-9-16(15)26-18/h4-5,8-9,14H,3,6-7,10-13H2,1-2H3,(H,21,23). The maximum atomic E-state index is 12.9. The van der Waals surface area contributed by atoms with E-state index in [-0.39, 0.29) is 24.5 Å². The molecule has 5 nitrogen and oxygen atoms in total. The average Bonchev–Trinajstić information content (AvgIpc) is 3.01. The van der Waals surface area contributed by atoms with Crippen molar-refractivity contribution in [2.45, 2.75) is 58.4 Å². The van der Waals surface area contributed by atoms with Gasteiger partial charge in [0.15, 0.2) is 6.61 Å². The van der Waals surface area contributed by atoms with E-state index in [9.17, 15) is 9.59 Å². The molecule has 0 saturated heterocycles. The van der Waals surface area contributed by atoms with Gasteiger partial charge >= 0.3 is 5.97 Å². The van der Waals surface area contributed by atoms with E-state index < -0.39 is 5.41 Å². The molecular formula is C20H26N2O3S. The molecule has 3 rings (SSSR count). The number of esters is 1. The van der Waals surface area contributed by atoms with E-state index in [1.54, 1.807) is 11.3 Å². The molecule has 1 aromatic carbocycles. The molecule has 1 aliphatic rings. The summed E-state index contributed by atoms with van der Waals surface area (Å²) >= 11 is 1.64. The molecule has 0 spiro atoms. The number of amides is 1. The number of para-hydroxylation sites is 1. The minimum Gasteiger partial charge on any atom is -0.455 e. The maximum Gasteiger partial charge on any atom is 0.313 e. The Kier molecular flexibility index (Phi) is 5.91. The number of nitrogens with one attached hydrogen (secondary N) is 1. The molecule has 0 atom stereocenters. The highest BCUT2D eigenvalue weighted by Gasteiger charge is 2.42. The molecule has 0 aliphatic heterocycles. The number of aromatic nitrogens is 1. The summed E-state index contributed by atoms with van der Waals surface area (Å²) < 4.78 is 6.56. The quantitative estimate of drug-likeness (QED) is 0.780. The van der Waals surface area contributed by atoms with Gasteiger partial charge < -0.3 is 10.1 Å². The molecule has 6 heteroatoms. The van der Waals surface area contributed by atoms with Crippen molar-refractivity contribution in [2.24, 2.45) is 5.41 Å². The first-order valence-corrected chi connectivity index (χ1v) is 10.1. The Balaban J connectivity index is 1.73. The molecule has 1 heterocycles. The molecule has 1 N–H and O–H groups in total. The minimum absolute atomic E-state index is 0.0348. The van der Waals surface area contributed by atoms with Crippen molar-refractivity contribution >= 4 is 33.4 Å². The molecule has 1 fully saturated rings. The Bertz CT molecular complexity index is 745. The van der Waals surface area contributed by atoms with Crippen LogP contribution in [0.15, 0.2) is 24.3 Å². The molecule has 1 saturated carbocycles. The zero-order valence-corrected chi connectivity index (χ0v) is 16.2. The predicted molar refractivity (Wildman–Crippen MR) is 103 cm³/mol. The van der Waals surface area contributed by atoms with Gasteiger partial charge in [-0.2, -0.15) is 0 Å². The van der Waals surface area contributed by atoms with Crippen LogP contribution in [0.2, 0.25) is 0 Å². The number of benzene rings is 1. The number of hydrogen-bond donors (Lipinski definition) is 1. The number of ether oxygens (including phenoxy) is 1. The molecule has 2 aromatic rings. The van der Waals surface area contributed by atoms with Crippen molar-refractivity contribution in [3.8, 4) is 0 Å². The Labute approximate surface area is 158 Å². The van der Waals surface area contributed by atoms with Crippen LogP contribution in [0.3, 0.4) is 0 Å². The molecule has 1 aromatic heterocycles. The fraction of sp³-hybridized carbons (Fsp3) is 0.550. The zero-order chi connectivity index (χ0) is 18.6. The number of carbonyl (C=O) groups is 2. The largest absolute Gasteiger partial charge is 0.455 e. The summed E-state index contributed by atoms with van der Waals surface area (Å²) in [6.45, 7) is 3.56. The summed E-state index contributed by atoms with van der Waals surface area (Å²) in [5.74, 6) is -0.505. The van der Waals surface area contributed by atoms with Crippen molar-refractivity contribution in [1.29, 1.82) is 0 Å². The second kappa shape index (κ2) is 8.16. The van der Waals surface area contributed by atoms with E-state index in [0.717, 1.165) is 47.3 Å². The van der Waals surface area contributed by atoms with Crippen LogP contribution in [-0.4, -0.2) is 29.5 Å². The number of carbonyl (C=O) groups excluding carboxylic acids is 2. The molecule has 0 bridgehead atoms. The van der Waals surface area contributed by atoms with Crippen molar-refractivity contribution in [3.63, 3.8) is 0 Å². The number of hydrogen-bond acceptors (Lipinski definition) is 5. The van der Waals surface area contributed by atoms with E-state index in [0.29, 0.717) is 6.42 Å². The molecule has 0 unspecified atom stereocenters. The van der Waals surface area contributed by atoms with Crippen LogP contribution in [0.4, 0.5) is 0 Å². The van der Waals surface area contributed by atoms with E-state index in [1.165, 1.54) is 0 Å². The molecule has 1 amide bonds. The lowest BCUT2D eigenvalue weighted by atomic mass is 9.72. The highest BCUT2D eigenvalue weighted by molar-refractivity contribution is 7.18. The normalized spacial score (nSPS) is 16.6. The van der Waals surface area contributed by atoms with Gasteiger partial charge in [0.05, 0.1) is 20.6 Å². The summed E-state index contributed by atoms with van der Waals surface area (Å²) in [5.41, 5.74) is 0.424. The summed E-state index contributed by atoms with van der Waals surface area (Å²) in [7, 11) is 0. The number of fused-ring (bicyclic) bond motifs is 1. The molecule has 140 valence electrons. The van der Waals surface area contributed by atoms with Gasteiger partial charge in [0.1, 0.15) is 0 Å². The summed E-state index contributed by atoms with van der Waals surface area (Å²) in [5, 5.41) is 3.72.